The van der Waals surface area contributed by atoms with Crippen LogP contribution < -0.4 is 5.32 Å². The van der Waals surface area contributed by atoms with E-state index in [1.54, 1.807) is 0 Å². The molecule has 1 aliphatic rings. The molecule has 2 atom stereocenters. The van der Waals surface area contributed by atoms with Crippen molar-refractivity contribution in [1.29, 1.82) is 0 Å². The minimum absolute atomic E-state index is 0.179. The molecule has 0 bridgehead atoms. The molecule has 1 amide bonds. The Morgan fingerprint density at radius 3 is 3.00 bits per heavy atom. The maximum Gasteiger partial charge on any atom is 0.244 e. The third kappa shape index (κ3) is 3.36. The average molecular weight is 292 g/mol. The fourth-order valence-corrected chi connectivity index (χ4v) is 3.20. The second-order valence-corrected chi connectivity index (χ2v) is 6.40. The Hall–Kier alpha value is -1.00. The molecule has 1 heterocycles. The molecule has 4 heteroatoms. The fraction of sp³-hybridized carbons (Fsp3) is 0.562. The van der Waals surface area contributed by atoms with Crippen LogP contribution in [0.4, 0.5) is 0 Å². The number of fused-ring (bicyclic) bond motifs is 1. The van der Waals surface area contributed by atoms with Crippen LogP contribution in [0, 0.1) is 0 Å². The summed E-state index contributed by atoms with van der Waals surface area (Å²) >= 11 is 1.83. The first-order chi connectivity index (χ1) is 9.65. The van der Waals surface area contributed by atoms with Gasteiger partial charge in [-0.2, -0.15) is 11.8 Å². The zero-order valence-electron chi connectivity index (χ0n) is 12.6. The van der Waals surface area contributed by atoms with E-state index in [2.05, 4.69) is 36.7 Å². The van der Waals surface area contributed by atoms with Gasteiger partial charge in [-0.1, -0.05) is 24.3 Å². The van der Waals surface area contributed by atoms with Crippen LogP contribution in [-0.4, -0.2) is 42.4 Å². The van der Waals surface area contributed by atoms with E-state index in [1.165, 1.54) is 5.56 Å². The third-order valence-electron chi connectivity index (χ3n) is 4.10. The first-order valence-electron chi connectivity index (χ1n) is 7.22. The molecule has 110 valence electrons. The number of hydrogen-bond donors (Lipinski definition) is 1. The first kappa shape index (κ1) is 15.4. The molecule has 1 N–H and O–H groups in total. The summed E-state index contributed by atoms with van der Waals surface area (Å²) in [6.45, 7) is 3.00. The van der Waals surface area contributed by atoms with Gasteiger partial charge in [-0.05, 0) is 42.9 Å². The molecule has 2 rings (SSSR count). The van der Waals surface area contributed by atoms with Crippen LogP contribution in [-0.2, 0) is 11.2 Å². The molecule has 0 aliphatic carbocycles. The summed E-state index contributed by atoms with van der Waals surface area (Å²) in [4.78, 5) is 14.6. The molecule has 1 aromatic carbocycles. The highest BCUT2D eigenvalue weighted by atomic mass is 32.2. The number of benzene rings is 1. The molecule has 1 aromatic rings. The van der Waals surface area contributed by atoms with E-state index in [0.717, 1.165) is 30.7 Å². The Morgan fingerprint density at radius 1 is 1.50 bits per heavy atom. The van der Waals surface area contributed by atoms with Gasteiger partial charge in [0.05, 0.1) is 0 Å². The standard InChI is InChI=1S/C16H24N2OS/c1-12(9-11-20-3)18(2)16(19)15-14-7-5-4-6-13(14)8-10-17-15/h4-7,12,15,17H,8-11H2,1-3H3. The second-order valence-electron chi connectivity index (χ2n) is 5.42. The molecule has 1 aliphatic heterocycles. The topological polar surface area (TPSA) is 32.3 Å². The van der Waals surface area contributed by atoms with E-state index in [0.29, 0.717) is 0 Å². The van der Waals surface area contributed by atoms with Crippen LogP contribution in [0.3, 0.4) is 0 Å². The molecule has 0 spiro atoms. The highest BCUT2D eigenvalue weighted by Gasteiger charge is 2.29. The van der Waals surface area contributed by atoms with Gasteiger partial charge in [0, 0.05) is 19.6 Å². The number of amides is 1. The van der Waals surface area contributed by atoms with Crippen molar-refractivity contribution in [3.05, 3.63) is 35.4 Å². The van der Waals surface area contributed by atoms with Crippen molar-refractivity contribution < 1.29 is 4.79 Å². The lowest BCUT2D eigenvalue weighted by atomic mass is 9.93. The Labute approximate surface area is 126 Å². The minimum atomic E-state index is -0.179. The van der Waals surface area contributed by atoms with Crippen LogP contribution in [0.15, 0.2) is 24.3 Å². The summed E-state index contributed by atoms with van der Waals surface area (Å²) in [5.74, 6) is 1.28. The summed E-state index contributed by atoms with van der Waals surface area (Å²) in [5, 5.41) is 3.37. The van der Waals surface area contributed by atoms with Crippen molar-refractivity contribution in [2.75, 3.05) is 25.6 Å². The molecule has 2 unspecified atom stereocenters. The number of likely N-dealkylation sites (N-methyl/N-ethyl adjacent to an activating group) is 1. The third-order valence-corrected chi connectivity index (χ3v) is 4.75. The van der Waals surface area contributed by atoms with Crippen LogP contribution in [0.5, 0.6) is 0 Å². The number of rotatable bonds is 5. The predicted octanol–water partition coefficient (Wildman–Crippen LogP) is 2.47. The molecule has 0 aromatic heterocycles. The number of nitrogens with one attached hydrogen (secondary N) is 1. The molecular formula is C16H24N2OS. The second kappa shape index (κ2) is 7.14. The van der Waals surface area contributed by atoms with Crippen LogP contribution in [0.1, 0.15) is 30.5 Å². The van der Waals surface area contributed by atoms with Gasteiger partial charge in [-0.3, -0.25) is 4.79 Å². The average Bonchev–Trinajstić information content (AvgIpc) is 2.50. The zero-order chi connectivity index (χ0) is 14.5. The van der Waals surface area contributed by atoms with E-state index in [4.69, 9.17) is 0 Å². The lowest BCUT2D eigenvalue weighted by Gasteiger charge is -2.32. The van der Waals surface area contributed by atoms with Gasteiger partial charge in [0.1, 0.15) is 6.04 Å². The number of carbonyl (C=O) groups is 1. The first-order valence-corrected chi connectivity index (χ1v) is 8.61. The highest BCUT2D eigenvalue weighted by molar-refractivity contribution is 7.98. The quantitative estimate of drug-likeness (QED) is 0.905. The van der Waals surface area contributed by atoms with E-state index in [9.17, 15) is 4.79 Å². The largest absolute Gasteiger partial charge is 0.341 e. The van der Waals surface area contributed by atoms with E-state index >= 15 is 0 Å². The Bertz CT molecular complexity index is 464. The molecular weight excluding hydrogens is 268 g/mol. The van der Waals surface area contributed by atoms with E-state index in [-0.39, 0.29) is 18.0 Å². The number of thioether (sulfide) groups is 1. The lowest BCUT2D eigenvalue weighted by Crippen LogP contribution is -2.45. The van der Waals surface area contributed by atoms with Gasteiger partial charge in [-0.25, -0.2) is 0 Å². The normalized spacial score (nSPS) is 19.2. The van der Waals surface area contributed by atoms with Crippen LogP contribution in [0.2, 0.25) is 0 Å². The molecule has 0 fully saturated rings. The maximum absolute atomic E-state index is 12.7. The van der Waals surface area contributed by atoms with Gasteiger partial charge >= 0.3 is 0 Å². The SMILES string of the molecule is CSCCC(C)N(C)C(=O)C1NCCc2ccccc21. The number of hydrogen-bond acceptors (Lipinski definition) is 3. The van der Waals surface area contributed by atoms with Crippen molar-refractivity contribution in [2.24, 2.45) is 0 Å². The van der Waals surface area contributed by atoms with E-state index < -0.39 is 0 Å². The predicted molar refractivity (Wildman–Crippen MR) is 86.1 cm³/mol. The Morgan fingerprint density at radius 2 is 2.25 bits per heavy atom. The molecule has 3 nitrogen and oxygen atoms in total. The highest BCUT2D eigenvalue weighted by Crippen LogP contribution is 2.25. The van der Waals surface area contributed by atoms with Crippen molar-refractivity contribution in [3.8, 4) is 0 Å². The van der Waals surface area contributed by atoms with Crippen molar-refractivity contribution in [2.45, 2.75) is 31.8 Å². The molecule has 0 saturated heterocycles. The molecule has 0 radical (unpaired) electrons. The monoisotopic (exact) mass is 292 g/mol. The van der Waals surface area contributed by atoms with Crippen LogP contribution in [0.25, 0.3) is 0 Å². The van der Waals surface area contributed by atoms with Crippen molar-refractivity contribution in [3.63, 3.8) is 0 Å². The Balaban J connectivity index is 2.10. The maximum atomic E-state index is 12.7. The Kier molecular flexibility index (Phi) is 5.49. The number of nitrogens with zero attached hydrogens (tertiary/aromatic N) is 1. The summed E-state index contributed by atoms with van der Waals surface area (Å²) < 4.78 is 0. The van der Waals surface area contributed by atoms with Gasteiger partial charge in [-0.15, -0.1) is 0 Å². The zero-order valence-corrected chi connectivity index (χ0v) is 13.4. The van der Waals surface area contributed by atoms with Crippen LogP contribution >= 0.6 is 11.8 Å². The fourth-order valence-electron chi connectivity index (χ4n) is 2.63. The van der Waals surface area contributed by atoms with E-state index in [1.807, 2.05) is 29.8 Å². The smallest absolute Gasteiger partial charge is 0.244 e. The molecule has 20 heavy (non-hydrogen) atoms. The lowest BCUT2D eigenvalue weighted by molar-refractivity contribution is -0.134. The van der Waals surface area contributed by atoms with Gasteiger partial charge in [0.25, 0.3) is 0 Å². The molecule has 0 saturated carbocycles. The summed E-state index contributed by atoms with van der Waals surface area (Å²) in [6, 6.07) is 8.38. The van der Waals surface area contributed by atoms with Gasteiger partial charge in [0.15, 0.2) is 0 Å². The minimum Gasteiger partial charge on any atom is -0.341 e. The summed E-state index contributed by atoms with van der Waals surface area (Å²) in [6.07, 6.45) is 4.15. The van der Waals surface area contributed by atoms with Gasteiger partial charge < -0.3 is 10.2 Å². The number of carbonyl (C=O) groups excluding carboxylic acids is 1. The van der Waals surface area contributed by atoms with Crippen molar-refractivity contribution >= 4 is 17.7 Å². The summed E-state index contributed by atoms with van der Waals surface area (Å²) in [7, 11) is 1.92. The van der Waals surface area contributed by atoms with Crippen molar-refractivity contribution in [1.82, 2.24) is 10.2 Å². The summed E-state index contributed by atoms with van der Waals surface area (Å²) in [5.41, 5.74) is 2.45. The van der Waals surface area contributed by atoms with Gasteiger partial charge in [0.2, 0.25) is 5.91 Å².